The monoisotopic (exact) mass is 794 g/mol. The number of anilines is 3. The summed E-state index contributed by atoms with van der Waals surface area (Å²) < 4.78 is 5.04. The summed E-state index contributed by atoms with van der Waals surface area (Å²) in [5, 5.41) is 7.59. The van der Waals surface area contributed by atoms with Crippen molar-refractivity contribution in [2.45, 2.75) is 0 Å². The van der Waals surface area contributed by atoms with Crippen LogP contribution in [-0.2, 0) is 0 Å². The van der Waals surface area contributed by atoms with Crippen LogP contribution in [0.4, 0.5) is 17.1 Å². The predicted molar refractivity (Wildman–Crippen MR) is 262 cm³/mol. The molecule has 286 valence electrons. The second kappa shape index (κ2) is 14.5. The lowest BCUT2D eigenvalue weighted by Crippen LogP contribution is -2.10. The average molecular weight is 795 g/mol. The van der Waals surface area contributed by atoms with Crippen molar-refractivity contribution in [3.63, 3.8) is 0 Å². The van der Waals surface area contributed by atoms with Crippen LogP contribution in [0.1, 0.15) is 0 Å². The smallest absolute Gasteiger partial charge is 0.0541 e. The number of nitrogens with zero attached hydrogens (tertiary/aromatic N) is 2. The molecule has 0 radical (unpaired) electrons. The molecule has 12 aromatic rings. The highest BCUT2D eigenvalue weighted by molar-refractivity contribution is 7.26. The van der Waals surface area contributed by atoms with Crippen LogP contribution in [0.25, 0.3) is 91.8 Å². The lowest BCUT2D eigenvalue weighted by Gasteiger charge is -2.27. The van der Waals surface area contributed by atoms with Gasteiger partial charge in [0.15, 0.2) is 0 Å². The highest BCUT2D eigenvalue weighted by atomic mass is 32.1. The Morgan fingerprint density at radius 3 is 1.72 bits per heavy atom. The standard InChI is InChI=1S/C58H38N2S/c1-2-17-43(18-3-1)59(44-33-31-40(32-34-44)42-30-29-39-15-4-5-16-41(39)37-42)45-35-36-46(53(38-45)52-24-14-23-51-50-22-9-13-28-57(50)61-58(51)52)47-19-6-10-25-54(47)60-55-26-11-7-20-48(55)49-21-8-12-27-56(49)60/h1-38H. The molecule has 0 N–H and O–H groups in total. The van der Waals surface area contributed by atoms with Crippen LogP contribution < -0.4 is 4.90 Å². The van der Waals surface area contributed by atoms with Crippen molar-refractivity contribution < 1.29 is 0 Å². The first-order valence-electron chi connectivity index (χ1n) is 20.8. The van der Waals surface area contributed by atoms with E-state index in [0.29, 0.717) is 0 Å². The van der Waals surface area contributed by atoms with Crippen molar-refractivity contribution in [3.8, 4) is 39.1 Å². The highest BCUT2D eigenvalue weighted by Crippen LogP contribution is 2.47. The van der Waals surface area contributed by atoms with Gasteiger partial charge in [-0.05, 0) is 99.8 Å². The van der Waals surface area contributed by atoms with Crippen LogP contribution >= 0.6 is 11.3 Å². The van der Waals surface area contributed by atoms with Crippen LogP contribution in [-0.4, -0.2) is 4.57 Å². The molecule has 0 aliphatic heterocycles. The number of hydrogen-bond acceptors (Lipinski definition) is 2. The molecule has 0 saturated carbocycles. The number of aromatic nitrogens is 1. The Balaban J connectivity index is 1.08. The Morgan fingerprint density at radius 2 is 0.918 bits per heavy atom. The van der Waals surface area contributed by atoms with Gasteiger partial charge in [-0.1, -0.05) is 164 Å². The van der Waals surface area contributed by atoms with E-state index >= 15 is 0 Å². The van der Waals surface area contributed by atoms with Gasteiger partial charge in [0.25, 0.3) is 0 Å². The SMILES string of the molecule is c1ccc(N(c2ccc(-c3ccc4ccccc4c3)cc2)c2ccc(-c3ccccc3-n3c4ccccc4c4ccccc43)c(-c3cccc4c3sc3ccccc34)c2)cc1. The molecular formula is C58H38N2S. The molecule has 0 atom stereocenters. The molecule has 2 heterocycles. The van der Waals surface area contributed by atoms with E-state index in [2.05, 4.69) is 240 Å². The van der Waals surface area contributed by atoms with Crippen molar-refractivity contribution in [1.82, 2.24) is 4.57 Å². The van der Waals surface area contributed by atoms with Crippen molar-refractivity contribution in [2.24, 2.45) is 0 Å². The molecule has 61 heavy (non-hydrogen) atoms. The number of para-hydroxylation sites is 4. The Labute approximate surface area is 358 Å². The molecule has 0 saturated heterocycles. The number of thiophene rings is 1. The van der Waals surface area contributed by atoms with Gasteiger partial charge in [0.05, 0.1) is 16.7 Å². The number of hydrogen-bond donors (Lipinski definition) is 0. The van der Waals surface area contributed by atoms with E-state index in [9.17, 15) is 0 Å². The van der Waals surface area contributed by atoms with E-state index in [1.54, 1.807) is 0 Å². The van der Waals surface area contributed by atoms with E-state index in [-0.39, 0.29) is 0 Å². The Bertz CT molecular complexity index is 3540. The van der Waals surface area contributed by atoms with E-state index in [0.717, 1.165) is 22.7 Å². The first-order chi connectivity index (χ1) is 30.3. The molecule has 0 fully saturated rings. The minimum atomic E-state index is 1.09. The van der Waals surface area contributed by atoms with Gasteiger partial charge in [0.1, 0.15) is 0 Å². The van der Waals surface area contributed by atoms with Gasteiger partial charge < -0.3 is 9.47 Å². The highest BCUT2D eigenvalue weighted by Gasteiger charge is 2.22. The van der Waals surface area contributed by atoms with E-state index < -0.39 is 0 Å². The second-order valence-corrected chi connectivity index (χ2v) is 16.7. The van der Waals surface area contributed by atoms with Gasteiger partial charge in [-0.15, -0.1) is 11.3 Å². The Morgan fingerprint density at radius 1 is 0.328 bits per heavy atom. The lowest BCUT2D eigenvalue weighted by molar-refractivity contribution is 1.18. The molecule has 0 amide bonds. The molecule has 0 bridgehead atoms. The van der Waals surface area contributed by atoms with Crippen molar-refractivity contribution in [3.05, 3.63) is 231 Å². The molecule has 2 nitrogen and oxygen atoms in total. The van der Waals surface area contributed by atoms with Gasteiger partial charge in [-0.2, -0.15) is 0 Å². The van der Waals surface area contributed by atoms with Gasteiger partial charge in [0, 0.05) is 59.1 Å². The molecule has 12 rings (SSSR count). The molecule has 0 spiro atoms. The van der Waals surface area contributed by atoms with E-state index in [4.69, 9.17) is 0 Å². The quantitative estimate of drug-likeness (QED) is 0.156. The fourth-order valence-corrected chi connectivity index (χ4v) is 10.6. The van der Waals surface area contributed by atoms with Gasteiger partial charge in [0.2, 0.25) is 0 Å². The molecular weight excluding hydrogens is 757 g/mol. The third-order valence-corrected chi connectivity index (χ3v) is 13.4. The van der Waals surface area contributed by atoms with Crippen LogP contribution in [0.15, 0.2) is 231 Å². The zero-order chi connectivity index (χ0) is 40.3. The van der Waals surface area contributed by atoms with Crippen molar-refractivity contribution in [1.29, 1.82) is 0 Å². The van der Waals surface area contributed by atoms with Gasteiger partial charge in [-0.3, -0.25) is 0 Å². The molecule has 0 aliphatic carbocycles. The first kappa shape index (κ1) is 35.2. The van der Waals surface area contributed by atoms with Crippen molar-refractivity contribution >= 4 is 81.1 Å². The largest absolute Gasteiger partial charge is 0.310 e. The third kappa shape index (κ3) is 5.93. The number of rotatable bonds is 7. The predicted octanol–water partition coefficient (Wildman–Crippen LogP) is 16.8. The number of fused-ring (bicyclic) bond motifs is 7. The zero-order valence-electron chi connectivity index (χ0n) is 33.2. The third-order valence-electron chi connectivity index (χ3n) is 12.2. The normalized spacial score (nSPS) is 11.6. The van der Waals surface area contributed by atoms with Crippen molar-refractivity contribution in [2.75, 3.05) is 4.90 Å². The topological polar surface area (TPSA) is 8.17 Å². The fraction of sp³-hybridized carbons (Fsp3) is 0. The van der Waals surface area contributed by atoms with Crippen LogP contribution in [0.5, 0.6) is 0 Å². The second-order valence-electron chi connectivity index (χ2n) is 15.7. The minimum Gasteiger partial charge on any atom is -0.310 e. The first-order valence-corrected chi connectivity index (χ1v) is 21.7. The average Bonchev–Trinajstić information content (AvgIpc) is 3.88. The fourth-order valence-electron chi connectivity index (χ4n) is 9.36. The lowest BCUT2D eigenvalue weighted by atomic mass is 9.91. The molecule has 0 unspecified atom stereocenters. The summed E-state index contributed by atoms with van der Waals surface area (Å²) in [7, 11) is 0. The molecule has 0 aliphatic rings. The minimum absolute atomic E-state index is 1.09. The Kier molecular flexibility index (Phi) is 8.39. The summed E-state index contributed by atoms with van der Waals surface area (Å²) in [5.41, 5.74) is 14.0. The van der Waals surface area contributed by atoms with Crippen LogP contribution in [0, 0.1) is 0 Å². The maximum atomic E-state index is 2.45. The molecule has 2 aromatic heterocycles. The summed E-state index contributed by atoms with van der Waals surface area (Å²) >= 11 is 1.88. The zero-order valence-corrected chi connectivity index (χ0v) is 34.1. The van der Waals surface area contributed by atoms with E-state index in [1.165, 1.54) is 86.1 Å². The summed E-state index contributed by atoms with van der Waals surface area (Å²) in [6.07, 6.45) is 0. The van der Waals surface area contributed by atoms with Crippen LogP contribution in [0.2, 0.25) is 0 Å². The van der Waals surface area contributed by atoms with Crippen LogP contribution in [0.3, 0.4) is 0 Å². The van der Waals surface area contributed by atoms with E-state index in [1.807, 2.05) is 11.3 Å². The summed E-state index contributed by atoms with van der Waals surface area (Å²) in [4.78, 5) is 2.39. The number of benzene rings is 10. The molecule has 3 heteroatoms. The Hall–Kier alpha value is -7.72. The maximum Gasteiger partial charge on any atom is 0.0541 e. The summed E-state index contributed by atoms with van der Waals surface area (Å²) in [5.74, 6) is 0. The van der Waals surface area contributed by atoms with Gasteiger partial charge >= 0.3 is 0 Å². The molecule has 10 aromatic carbocycles. The van der Waals surface area contributed by atoms with Gasteiger partial charge in [-0.25, -0.2) is 0 Å². The maximum absolute atomic E-state index is 2.45. The summed E-state index contributed by atoms with van der Waals surface area (Å²) in [6.45, 7) is 0. The summed E-state index contributed by atoms with van der Waals surface area (Å²) in [6, 6.07) is 84.2.